The molecule has 2 unspecified atom stereocenters. The minimum atomic E-state index is -4.83. The second kappa shape index (κ2) is 5.81. The zero-order valence-electron chi connectivity index (χ0n) is 13.8. The number of hydrogen-bond acceptors (Lipinski definition) is 6. The van der Waals surface area contributed by atoms with Crippen LogP contribution in [0.3, 0.4) is 0 Å². The number of hydrogen-bond donors (Lipinski definition) is 3. The Balaban J connectivity index is 1.58. The topological polar surface area (TPSA) is 145 Å². The van der Waals surface area contributed by atoms with Crippen LogP contribution in [-0.2, 0) is 24.3 Å². The van der Waals surface area contributed by atoms with Gasteiger partial charge in [-0.05, 0) is 24.7 Å². The van der Waals surface area contributed by atoms with Crippen molar-refractivity contribution in [2.75, 3.05) is 6.54 Å². The van der Waals surface area contributed by atoms with Gasteiger partial charge in [-0.15, -0.1) is 4.28 Å². The predicted octanol–water partition coefficient (Wildman–Crippen LogP) is -0.817. The highest BCUT2D eigenvalue weighted by Crippen LogP contribution is 2.51. The number of carbonyl (C=O) groups is 3. The highest BCUT2D eigenvalue weighted by Gasteiger charge is 2.51. The van der Waals surface area contributed by atoms with Crippen molar-refractivity contribution in [1.29, 1.82) is 0 Å². The molecule has 3 atom stereocenters. The van der Waals surface area contributed by atoms with Crippen LogP contribution in [0.1, 0.15) is 33.1 Å². The van der Waals surface area contributed by atoms with E-state index in [9.17, 15) is 22.8 Å². The molecule has 0 radical (unpaired) electrons. The lowest BCUT2D eigenvalue weighted by Crippen LogP contribution is -2.54. The van der Waals surface area contributed by atoms with E-state index in [2.05, 4.69) is 15.1 Å². The van der Waals surface area contributed by atoms with Crippen molar-refractivity contribution in [3.8, 4) is 0 Å². The second-order valence-electron chi connectivity index (χ2n) is 7.23. The van der Waals surface area contributed by atoms with Gasteiger partial charge < -0.3 is 4.90 Å². The van der Waals surface area contributed by atoms with Crippen LogP contribution in [0.4, 0.5) is 4.79 Å². The molecule has 3 rings (SSSR count). The molecule has 0 aromatic heterocycles. The summed E-state index contributed by atoms with van der Waals surface area (Å²) in [5.41, 5.74) is 4.60. The van der Waals surface area contributed by atoms with Gasteiger partial charge in [0.05, 0.1) is 6.04 Å². The molecule has 4 amide bonds. The van der Waals surface area contributed by atoms with Gasteiger partial charge in [-0.3, -0.25) is 25.0 Å². The van der Waals surface area contributed by atoms with Crippen molar-refractivity contribution >= 4 is 28.2 Å². The predicted molar refractivity (Wildman–Crippen MR) is 81.6 cm³/mol. The molecule has 0 aromatic carbocycles. The molecule has 2 saturated heterocycles. The third-order valence-corrected chi connectivity index (χ3v) is 5.29. The van der Waals surface area contributed by atoms with Crippen LogP contribution < -0.4 is 10.9 Å². The number of hydroxylamine groups is 2. The standard InChI is InChI=1S/C13H20N4O7S/c1-13(2)5-8(13)10(18)14-15-11(19)9-4-3-7-6-16(9)12(20)17(7)24-25(21,22)23/h7-9H,3-6H2,1-2H3,(H,14,18)(H,15,19)(H,21,22,23)/t7?,8?,9-/m0/s1. The molecule has 0 aromatic rings. The molecule has 25 heavy (non-hydrogen) atoms. The third-order valence-electron chi connectivity index (χ3n) is 4.94. The maximum Gasteiger partial charge on any atom is 0.418 e. The molecular formula is C13H20N4O7S. The average molecular weight is 376 g/mol. The lowest BCUT2D eigenvalue weighted by Gasteiger charge is -2.29. The van der Waals surface area contributed by atoms with Crippen molar-refractivity contribution in [1.82, 2.24) is 20.8 Å². The molecule has 140 valence electrons. The summed E-state index contributed by atoms with van der Waals surface area (Å²) in [6, 6.07) is -2.25. The Hall–Kier alpha value is -1.92. The van der Waals surface area contributed by atoms with Gasteiger partial charge >= 0.3 is 16.4 Å². The summed E-state index contributed by atoms with van der Waals surface area (Å²) in [7, 11) is -4.83. The number of carbonyl (C=O) groups excluding carboxylic acids is 3. The van der Waals surface area contributed by atoms with E-state index < -0.39 is 34.4 Å². The number of hydrazine groups is 1. The van der Waals surface area contributed by atoms with Crippen molar-refractivity contribution in [3.05, 3.63) is 0 Å². The molecule has 12 heteroatoms. The molecule has 0 spiro atoms. The van der Waals surface area contributed by atoms with Crippen LogP contribution in [-0.4, -0.2) is 59.4 Å². The van der Waals surface area contributed by atoms with Gasteiger partial charge in [0.2, 0.25) is 5.91 Å². The molecule has 11 nitrogen and oxygen atoms in total. The molecular weight excluding hydrogens is 356 g/mol. The number of piperidine rings is 1. The zero-order valence-corrected chi connectivity index (χ0v) is 14.6. The molecule has 2 heterocycles. The molecule has 2 aliphatic heterocycles. The molecule has 1 aliphatic carbocycles. The van der Waals surface area contributed by atoms with Crippen LogP contribution in [0, 0.1) is 11.3 Å². The fourth-order valence-corrected chi connectivity index (χ4v) is 3.70. The Labute approximate surface area is 144 Å². The van der Waals surface area contributed by atoms with Crippen LogP contribution in [0.5, 0.6) is 0 Å². The van der Waals surface area contributed by atoms with Gasteiger partial charge in [0, 0.05) is 12.5 Å². The van der Waals surface area contributed by atoms with E-state index in [1.54, 1.807) is 0 Å². The second-order valence-corrected chi connectivity index (χ2v) is 8.24. The lowest BCUT2D eigenvalue weighted by atomic mass is 10.0. The van der Waals surface area contributed by atoms with E-state index >= 15 is 0 Å². The Morgan fingerprint density at radius 3 is 2.40 bits per heavy atom. The number of fused-ring (bicyclic) bond motifs is 2. The lowest BCUT2D eigenvalue weighted by molar-refractivity contribution is -0.132. The number of nitrogens with one attached hydrogen (secondary N) is 2. The van der Waals surface area contributed by atoms with Crippen LogP contribution >= 0.6 is 0 Å². The van der Waals surface area contributed by atoms with Crippen LogP contribution in [0.2, 0.25) is 0 Å². The SMILES string of the molecule is CC1(C)CC1C(=O)NNC(=O)[C@@H]1CCC2CN1C(=O)N2OS(=O)(=O)O. The van der Waals surface area contributed by atoms with Gasteiger partial charge in [0.1, 0.15) is 6.04 Å². The van der Waals surface area contributed by atoms with E-state index in [0.29, 0.717) is 11.5 Å². The highest BCUT2D eigenvalue weighted by molar-refractivity contribution is 7.80. The Morgan fingerprint density at radius 2 is 1.84 bits per heavy atom. The van der Waals surface area contributed by atoms with Crippen LogP contribution in [0.15, 0.2) is 0 Å². The van der Waals surface area contributed by atoms with Gasteiger partial charge in [0.15, 0.2) is 0 Å². The van der Waals surface area contributed by atoms with Crippen LogP contribution in [0.25, 0.3) is 0 Å². The summed E-state index contributed by atoms with van der Waals surface area (Å²) in [6.45, 7) is 4.00. The van der Waals surface area contributed by atoms with Gasteiger partial charge in [-0.25, -0.2) is 4.79 Å². The average Bonchev–Trinajstić information content (AvgIpc) is 3.10. The third kappa shape index (κ3) is 3.55. The summed E-state index contributed by atoms with van der Waals surface area (Å²) in [6.07, 6.45) is 1.34. The first-order chi connectivity index (χ1) is 11.5. The zero-order chi connectivity index (χ0) is 18.6. The first kappa shape index (κ1) is 17.9. The first-order valence-electron chi connectivity index (χ1n) is 7.86. The normalized spacial score (nSPS) is 30.2. The molecule has 3 N–H and O–H groups in total. The maximum absolute atomic E-state index is 12.3. The van der Waals surface area contributed by atoms with Crippen molar-refractivity contribution in [3.63, 3.8) is 0 Å². The highest BCUT2D eigenvalue weighted by atomic mass is 32.3. The maximum atomic E-state index is 12.3. The minimum Gasteiger partial charge on any atom is -0.309 e. The van der Waals surface area contributed by atoms with E-state index in [0.717, 1.165) is 11.3 Å². The molecule has 2 bridgehead atoms. The Morgan fingerprint density at radius 1 is 1.24 bits per heavy atom. The minimum absolute atomic E-state index is 0.0780. The number of rotatable bonds is 4. The fraction of sp³-hybridized carbons (Fsp3) is 0.769. The summed E-state index contributed by atoms with van der Waals surface area (Å²) in [5.74, 6) is -1.00. The van der Waals surface area contributed by atoms with E-state index in [1.165, 1.54) is 0 Å². The smallest absolute Gasteiger partial charge is 0.309 e. The fourth-order valence-electron chi connectivity index (χ4n) is 3.31. The molecule has 3 fully saturated rings. The van der Waals surface area contributed by atoms with Gasteiger partial charge in [-0.1, -0.05) is 13.8 Å². The number of nitrogens with zero attached hydrogens (tertiary/aromatic N) is 2. The van der Waals surface area contributed by atoms with E-state index in [1.807, 2.05) is 13.8 Å². The van der Waals surface area contributed by atoms with Crippen molar-refractivity contribution in [2.24, 2.45) is 11.3 Å². The first-order valence-corrected chi connectivity index (χ1v) is 9.23. The molecule has 3 aliphatic rings. The summed E-state index contributed by atoms with van der Waals surface area (Å²) >= 11 is 0. The number of urea groups is 1. The largest absolute Gasteiger partial charge is 0.418 e. The summed E-state index contributed by atoms with van der Waals surface area (Å²) < 4.78 is 34.7. The summed E-state index contributed by atoms with van der Waals surface area (Å²) in [4.78, 5) is 37.6. The van der Waals surface area contributed by atoms with Gasteiger partial charge in [0.25, 0.3) is 5.91 Å². The molecule has 1 saturated carbocycles. The van der Waals surface area contributed by atoms with Crippen molar-refractivity contribution in [2.45, 2.75) is 45.2 Å². The monoisotopic (exact) mass is 376 g/mol. The Bertz CT molecular complexity index is 722. The van der Waals surface area contributed by atoms with E-state index in [-0.39, 0.29) is 30.2 Å². The Kier molecular flexibility index (Phi) is 4.16. The quantitative estimate of drug-likeness (QED) is 0.429. The number of amides is 4. The van der Waals surface area contributed by atoms with E-state index in [4.69, 9.17) is 4.55 Å². The summed E-state index contributed by atoms with van der Waals surface area (Å²) in [5, 5.41) is 0.563. The van der Waals surface area contributed by atoms with Gasteiger partial charge in [-0.2, -0.15) is 13.5 Å². The van der Waals surface area contributed by atoms with Crippen molar-refractivity contribution < 1.29 is 31.6 Å².